The van der Waals surface area contributed by atoms with Crippen LogP contribution in [0.5, 0.6) is 0 Å². The Balaban J connectivity index is 1.72. The minimum Gasteiger partial charge on any atom is -0.363 e. The second kappa shape index (κ2) is 7.73. The van der Waals surface area contributed by atoms with Gasteiger partial charge in [0.05, 0.1) is 22.3 Å². The van der Waals surface area contributed by atoms with E-state index in [-0.39, 0.29) is 30.1 Å². The molecule has 0 aromatic heterocycles. The van der Waals surface area contributed by atoms with E-state index in [9.17, 15) is 18.5 Å². The maximum atomic E-state index is 12.6. The first-order valence-electron chi connectivity index (χ1n) is 8.36. The molecule has 140 valence electrons. The van der Waals surface area contributed by atoms with Gasteiger partial charge >= 0.3 is 0 Å². The zero-order valence-corrected chi connectivity index (χ0v) is 15.3. The van der Waals surface area contributed by atoms with Crippen LogP contribution in [0.2, 0.25) is 0 Å². The average molecular weight is 386 g/mol. The molecule has 0 atom stereocenters. The monoisotopic (exact) mass is 386 g/mol. The SMILES string of the molecule is N#Cc1ccc(N2CCN(S(=O)(=O)Cc3ccccc3)CC2)c([N+](=O)[O-])c1. The number of benzene rings is 2. The number of nitro benzene ring substituents is 1. The van der Waals surface area contributed by atoms with E-state index in [1.807, 2.05) is 12.1 Å². The maximum Gasteiger partial charge on any atom is 0.293 e. The van der Waals surface area contributed by atoms with Crippen LogP contribution in [-0.4, -0.2) is 43.8 Å². The third kappa shape index (κ3) is 4.24. The molecular weight excluding hydrogens is 368 g/mol. The lowest BCUT2D eigenvalue weighted by Crippen LogP contribution is -2.49. The summed E-state index contributed by atoms with van der Waals surface area (Å²) in [5.41, 5.74) is 1.20. The molecule has 9 heteroatoms. The van der Waals surface area contributed by atoms with Gasteiger partial charge in [0.2, 0.25) is 10.0 Å². The van der Waals surface area contributed by atoms with Gasteiger partial charge in [-0.15, -0.1) is 0 Å². The van der Waals surface area contributed by atoms with Crippen LogP contribution in [-0.2, 0) is 15.8 Å². The summed E-state index contributed by atoms with van der Waals surface area (Å²) in [7, 11) is -3.45. The lowest BCUT2D eigenvalue weighted by molar-refractivity contribution is -0.384. The summed E-state index contributed by atoms with van der Waals surface area (Å²) in [6, 6.07) is 15.2. The first-order chi connectivity index (χ1) is 12.9. The Bertz CT molecular complexity index is 978. The van der Waals surface area contributed by atoms with Gasteiger partial charge in [0.1, 0.15) is 5.69 Å². The Hall–Kier alpha value is -2.96. The number of sulfonamides is 1. The topological polar surface area (TPSA) is 108 Å². The van der Waals surface area contributed by atoms with Gasteiger partial charge in [-0.1, -0.05) is 30.3 Å². The van der Waals surface area contributed by atoms with Gasteiger partial charge in [0, 0.05) is 32.2 Å². The number of nitrogens with zero attached hydrogens (tertiary/aromatic N) is 4. The third-order valence-electron chi connectivity index (χ3n) is 4.47. The number of anilines is 1. The fraction of sp³-hybridized carbons (Fsp3) is 0.278. The maximum absolute atomic E-state index is 12.6. The predicted octanol–water partition coefficient (Wildman–Crippen LogP) is 2.12. The number of hydrogen-bond acceptors (Lipinski definition) is 6. The molecule has 27 heavy (non-hydrogen) atoms. The lowest BCUT2D eigenvalue weighted by atomic mass is 10.1. The van der Waals surface area contributed by atoms with Crippen molar-refractivity contribution < 1.29 is 13.3 Å². The summed E-state index contributed by atoms with van der Waals surface area (Å²) in [5.74, 6) is -0.0646. The second-order valence-corrected chi connectivity index (χ2v) is 8.17. The van der Waals surface area contributed by atoms with E-state index in [0.717, 1.165) is 5.56 Å². The van der Waals surface area contributed by atoms with Crippen LogP contribution >= 0.6 is 0 Å². The Morgan fingerprint density at radius 3 is 2.33 bits per heavy atom. The highest BCUT2D eigenvalue weighted by Gasteiger charge is 2.29. The van der Waals surface area contributed by atoms with Crippen molar-refractivity contribution >= 4 is 21.4 Å². The summed E-state index contributed by atoms with van der Waals surface area (Å²) in [6.07, 6.45) is 0. The van der Waals surface area contributed by atoms with E-state index in [2.05, 4.69) is 0 Å². The van der Waals surface area contributed by atoms with Gasteiger partial charge in [-0.3, -0.25) is 10.1 Å². The van der Waals surface area contributed by atoms with Gasteiger partial charge in [0.25, 0.3) is 5.69 Å². The van der Waals surface area contributed by atoms with Crippen molar-refractivity contribution in [2.75, 3.05) is 31.1 Å². The predicted molar refractivity (Wildman–Crippen MR) is 101 cm³/mol. The molecule has 2 aromatic rings. The molecule has 0 aliphatic carbocycles. The molecule has 0 radical (unpaired) electrons. The third-order valence-corrected chi connectivity index (χ3v) is 6.32. The number of piperazine rings is 1. The van der Waals surface area contributed by atoms with Crippen LogP contribution < -0.4 is 4.90 Å². The summed E-state index contributed by atoms with van der Waals surface area (Å²) >= 11 is 0. The lowest BCUT2D eigenvalue weighted by Gasteiger charge is -2.35. The number of nitro groups is 1. The normalized spacial score (nSPS) is 15.3. The van der Waals surface area contributed by atoms with Crippen LogP contribution in [0.25, 0.3) is 0 Å². The summed E-state index contributed by atoms with van der Waals surface area (Å²) in [5, 5.41) is 20.3. The van der Waals surface area contributed by atoms with Gasteiger partial charge in [-0.25, -0.2) is 8.42 Å². The highest BCUT2D eigenvalue weighted by molar-refractivity contribution is 7.88. The van der Waals surface area contributed by atoms with Crippen LogP contribution in [0.3, 0.4) is 0 Å². The molecule has 0 bridgehead atoms. The molecule has 0 spiro atoms. The minimum atomic E-state index is -3.45. The summed E-state index contributed by atoms with van der Waals surface area (Å²) in [4.78, 5) is 12.6. The van der Waals surface area contributed by atoms with Crippen LogP contribution in [0.15, 0.2) is 48.5 Å². The minimum absolute atomic E-state index is 0.0646. The molecule has 2 aromatic carbocycles. The standard InChI is InChI=1S/C18H18N4O4S/c19-13-16-6-7-17(18(12-16)22(23)24)20-8-10-21(11-9-20)27(25,26)14-15-4-2-1-3-5-15/h1-7,12H,8-11,14H2. The Labute approximate surface area is 157 Å². The molecule has 1 aliphatic rings. The van der Waals surface area contributed by atoms with Gasteiger partial charge in [0.15, 0.2) is 0 Å². The molecule has 0 unspecified atom stereocenters. The van der Waals surface area contributed by atoms with Gasteiger partial charge in [-0.2, -0.15) is 9.57 Å². The van der Waals surface area contributed by atoms with Crippen molar-refractivity contribution in [1.82, 2.24) is 4.31 Å². The van der Waals surface area contributed by atoms with Crippen LogP contribution in [0.1, 0.15) is 11.1 Å². The first-order valence-corrected chi connectivity index (χ1v) is 9.97. The van der Waals surface area contributed by atoms with E-state index in [1.54, 1.807) is 35.2 Å². The van der Waals surface area contributed by atoms with Gasteiger partial charge in [-0.05, 0) is 17.7 Å². The molecule has 8 nitrogen and oxygen atoms in total. The molecule has 1 fully saturated rings. The Kier molecular flexibility index (Phi) is 5.39. The van der Waals surface area contributed by atoms with E-state index < -0.39 is 14.9 Å². The van der Waals surface area contributed by atoms with Crippen LogP contribution in [0, 0.1) is 21.4 Å². The molecule has 1 heterocycles. The van der Waals surface area contributed by atoms with Crippen molar-refractivity contribution in [1.29, 1.82) is 5.26 Å². The smallest absolute Gasteiger partial charge is 0.293 e. The van der Waals surface area contributed by atoms with Crippen molar-refractivity contribution in [2.24, 2.45) is 0 Å². The Morgan fingerprint density at radius 1 is 1.07 bits per heavy atom. The largest absolute Gasteiger partial charge is 0.363 e. The summed E-state index contributed by atoms with van der Waals surface area (Å²) in [6.45, 7) is 1.21. The summed E-state index contributed by atoms with van der Waals surface area (Å²) < 4.78 is 26.7. The number of hydrogen-bond donors (Lipinski definition) is 0. The number of nitriles is 1. The van der Waals surface area contributed by atoms with Crippen molar-refractivity contribution in [2.45, 2.75) is 5.75 Å². The van der Waals surface area contributed by atoms with Gasteiger partial charge < -0.3 is 4.90 Å². The van der Waals surface area contributed by atoms with Crippen LogP contribution in [0.4, 0.5) is 11.4 Å². The molecule has 0 saturated carbocycles. The van der Waals surface area contributed by atoms with E-state index in [1.165, 1.54) is 16.4 Å². The molecule has 0 amide bonds. The Morgan fingerprint density at radius 2 is 1.74 bits per heavy atom. The van der Waals surface area contributed by atoms with E-state index in [4.69, 9.17) is 5.26 Å². The molecular formula is C18H18N4O4S. The molecule has 0 N–H and O–H groups in total. The zero-order valence-electron chi connectivity index (χ0n) is 14.5. The quantitative estimate of drug-likeness (QED) is 0.575. The first kappa shape index (κ1) is 18.8. The van der Waals surface area contributed by atoms with Crippen molar-refractivity contribution in [3.8, 4) is 6.07 Å². The van der Waals surface area contributed by atoms with E-state index >= 15 is 0 Å². The van der Waals surface area contributed by atoms with E-state index in [0.29, 0.717) is 18.8 Å². The van der Waals surface area contributed by atoms with Crippen molar-refractivity contribution in [3.05, 3.63) is 69.8 Å². The highest BCUT2D eigenvalue weighted by Crippen LogP contribution is 2.30. The molecule has 1 aliphatic heterocycles. The number of rotatable bonds is 5. The molecule has 3 rings (SSSR count). The zero-order chi connectivity index (χ0) is 19.4. The highest BCUT2D eigenvalue weighted by atomic mass is 32.2. The van der Waals surface area contributed by atoms with Crippen molar-refractivity contribution in [3.63, 3.8) is 0 Å². The fourth-order valence-electron chi connectivity index (χ4n) is 3.09. The second-order valence-electron chi connectivity index (χ2n) is 6.20. The molecule has 1 saturated heterocycles. The average Bonchev–Trinajstić information content (AvgIpc) is 2.68. The fourth-order valence-corrected chi connectivity index (χ4v) is 4.61.